The number of likely N-dealkylation sites (tertiary alicyclic amines) is 1. The van der Waals surface area contributed by atoms with Crippen LogP contribution in [0.5, 0.6) is 0 Å². The molecule has 3 aliphatic rings. The van der Waals surface area contributed by atoms with E-state index in [-0.39, 0.29) is 17.7 Å². The molecule has 0 saturated carbocycles. The van der Waals surface area contributed by atoms with Gasteiger partial charge in [-0.3, -0.25) is 0 Å². The Kier molecular flexibility index (Phi) is 7.56. The third kappa shape index (κ3) is 5.03. The van der Waals surface area contributed by atoms with Crippen LogP contribution in [-0.2, 0) is 14.8 Å². The number of rotatable bonds is 4. The lowest BCUT2D eigenvalue weighted by Crippen LogP contribution is -2.51. The van der Waals surface area contributed by atoms with E-state index in [1.807, 2.05) is 0 Å². The summed E-state index contributed by atoms with van der Waals surface area (Å²) in [6.07, 6.45) is 4.31. The molecular formula is C15H30ClN3O3S. The highest BCUT2D eigenvalue weighted by Crippen LogP contribution is 2.23. The van der Waals surface area contributed by atoms with Crippen LogP contribution >= 0.6 is 12.4 Å². The average Bonchev–Trinajstić information content (AvgIpc) is 2.57. The monoisotopic (exact) mass is 367 g/mol. The van der Waals surface area contributed by atoms with Gasteiger partial charge < -0.3 is 15.0 Å². The number of piperidine rings is 2. The molecule has 3 heterocycles. The highest BCUT2D eigenvalue weighted by atomic mass is 35.5. The van der Waals surface area contributed by atoms with Gasteiger partial charge in [-0.15, -0.1) is 12.4 Å². The minimum Gasteiger partial charge on any atom is -0.379 e. The lowest BCUT2D eigenvalue weighted by atomic mass is 9.98. The summed E-state index contributed by atoms with van der Waals surface area (Å²) >= 11 is 0. The number of morpholine rings is 1. The molecule has 0 aliphatic carbocycles. The van der Waals surface area contributed by atoms with Crippen molar-refractivity contribution < 1.29 is 13.2 Å². The summed E-state index contributed by atoms with van der Waals surface area (Å²) < 4.78 is 32.5. The maximum atomic E-state index is 12.8. The molecule has 0 radical (unpaired) electrons. The number of nitrogens with zero attached hydrogens (tertiary/aromatic N) is 2. The molecule has 3 rings (SSSR count). The molecule has 2 unspecified atom stereocenters. The first-order valence-electron chi connectivity index (χ1n) is 8.66. The summed E-state index contributed by atoms with van der Waals surface area (Å²) in [5.74, 6) is 0.679. The van der Waals surface area contributed by atoms with Gasteiger partial charge in [0.05, 0.1) is 18.5 Å². The molecule has 0 aromatic rings. The summed E-state index contributed by atoms with van der Waals surface area (Å²) in [7, 11) is -3.16. The minimum atomic E-state index is -3.16. The summed E-state index contributed by atoms with van der Waals surface area (Å²) in [5, 5.41) is 3.22. The summed E-state index contributed by atoms with van der Waals surface area (Å²) in [4.78, 5) is 2.38. The molecule has 0 bridgehead atoms. The van der Waals surface area contributed by atoms with Crippen LogP contribution in [-0.4, -0.2) is 81.9 Å². The van der Waals surface area contributed by atoms with E-state index in [0.29, 0.717) is 38.8 Å². The Balaban J connectivity index is 0.00000192. The Morgan fingerprint density at radius 1 is 1.09 bits per heavy atom. The van der Waals surface area contributed by atoms with Crippen molar-refractivity contribution in [1.82, 2.24) is 14.5 Å². The van der Waals surface area contributed by atoms with Crippen LogP contribution in [0.25, 0.3) is 0 Å². The van der Waals surface area contributed by atoms with Crippen LogP contribution in [0.4, 0.5) is 0 Å². The van der Waals surface area contributed by atoms with E-state index in [4.69, 9.17) is 4.74 Å². The Morgan fingerprint density at radius 3 is 2.57 bits per heavy atom. The Bertz CT molecular complexity index is 451. The number of hydrogen-bond acceptors (Lipinski definition) is 5. The number of hydrogen-bond donors (Lipinski definition) is 1. The van der Waals surface area contributed by atoms with Crippen LogP contribution in [0.15, 0.2) is 0 Å². The van der Waals surface area contributed by atoms with Crippen molar-refractivity contribution in [3.8, 4) is 0 Å². The normalized spacial score (nSPS) is 31.5. The maximum absolute atomic E-state index is 12.8. The van der Waals surface area contributed by atoms with Gasteiger partial charge in [0, 0.05) is 26.2 Å². The number of sulfonamides is 1. The first-order chi connectivity index (χ1) is 10.7. The zero-order valence-corrected chi connectivity index (χ0v) is 15.4. The standard InChI is InChI=1S/C15H29N3O3S.ClH/c19-22(20,18-7-9-21-10-8-18)15-4-2-6-17(13-15)12-14-3-1-5-16-11-14;/h14-16H,1-13H2;1H. The fourth-order valence-corrected chi connectivity index (χ4v) is 5.82. The fourth-order valence-electron chi connectivity index (χ4n) is 3.88. The van der Waals surface area contributed by atoms with Gasteiger partial charge in [0.25, 0.3) is 0 Å². The minimum absolute atomic E-state index is 0. The van der Waals surface area contributed by atoms with Gasteiger partial charge >= 0.3 is 0 Å². The number of halogens is 1. The van der Waals surface area contributed by atoms with E-state index in [1.165, 1.54) is 12.8 Å². The van der Waals surface area contributed by atoms with Gasteiger partial charge in [0.2, 0.25) is 10.0 Å². The topological polar surface area (TPSA) is 61.9 Å². The van der Waals surface area contributed by atoms with E-state index < -0.39 is 10.0 Å². The van der Waals surface area contributed by atoms with Gasteiger partial charge in [-0.2, -0.15) is 4.31 Å². The zero-order chi connectivity index (χ0) is 15.4. The molecule has 2 atom stereocenters. The second-order valence-corrected chi connectivity index (χ2v) is 9.01. The molecule has 3 aliphatic heterocycles. The van der Waals surface area contributed by atoms with E-state index in [9.17, 15) is 8.42 Å². The number of nitrogens with one attached hydrogen (secondary N) is 1. The SMILES string of the molecule is Cl.O=S(=O)(C1CCCN(CC2CCCNC2)C1)N1CCOCC1. The molecule has 1 N–H and O–H groups in total. The molecule has 0 aromatic carbocycles. The van der Waals surface area contributed by atoms with Gasteiger partial charge in [-0.25, -0.2) is 8.42 Å². The molecule has 3 saturated heterocycles. The van der Waals surface area contributed by atoms with Crippen molar-refractivity contribution in [3.05, 3.63) is 0 Å². The van der Waals surface area contributed by atoms with Crippen LogP contribution in [0.1, 0.15) is 25.7 Å². The van der Waals surface area contributed by atoms with Crippen molar-refractivity contribution >= 4 is 22.4 Å². The van der Waals surface area contributed by atoms with E-state index in [0.717, 1.165) is 39.0 Å². The zero-order valence-electron chi connectivity index (χ0n) is 13.8. The summed E-state index contributed by atoms with van der Waals surface area (Å²) in [6, 6.07) is 0. The Hall–Kier alpha value is 0.0800. The van der Waals surface area contributed by atoms with Crippen molar-refractivity contribution in [2.45, 2.75) is 30.9 Å². The third-order valence-corrected chi connectivity index (χ3v) is 7.44. The number of ether oxygens (including phenoxy) is 1. The molecule has 136 valence electrons. The van der Waals surface area contributed by atoms with Gasteiger partial charge in [-0.05, 0) is 51.2 Å². The lowest BCUT2D eigenvalue weighted by Gasteiger charge is -2.38. The molecular weight excluding hydrogens is 338 g/mol. The lowest BCUT2D eigenvalue weighted by molar-refractivity contribution is 0.0718. The molecule has 8 heteroatoms. The van der Waals surface area contributed by atoms with Gasteiger partial charge in [0.15, 0.2) is 0 Å². The molecule has 0 aromatic heterocycles. The second kappa shape index (κ2) is 8.97. The van der Waals surface area contributed by atoms with E-state index in [1.54, 1.807) is 4.31 Å². The largest absolute Gasteiger partial charge is 0.379 e. The molecule has 0 amide bonds. The van der Waals surface area contributed by atoms with Crippen LogP contribution in [0.3, 0.4) is 0 Å². The maximum Gasteiger partial charge on any atom is 0.218 e. The van der Waals surface area contributed by atoms with Crippen LogP contribution in [0, 0.1) is 5.92 Å². The second-order valence-electron chi connectivity index (χ2n) is 6.79. The highest BCUT2D eigenvalue weighted by molar-refractivity contribution is 7.89. The first kappa shape index (κ1) is 19.4. The molecule has 3 fully saturated rings. The van der Waals surface area contributed by atoms with Gasteiger partial charge in [-0.1, -0.05) is 0 Å². The quantitative estimate of drug-likeness (QED) is 0.785. The van der Waals surface area contributed by atoms with E-state index >= 15 is 0 Å². The van der Waals surface area contributed by atoms with Crippen molar-refractivity contribution in [1.29, 1.82) is 0 Å². The average molecular weight is 368 g/mol. The van der Waals surface area contributed by atoms with Crippen LogP contribution < -0.4 is 5.32 Å². The van der Waals surface area contributed by atoms with E-state index in [2.05, 4.69) is 10.2 Å². The molecule has 6 nitrogen and oxygen atoms in total. The molecule has 23 heavy (non-hydrogen) atoms. The highest BCUT2D eigenvalue weighted by Gasteiger charge is 2.36. The summed E-state index contributed by atoms with van der Waals surface area (Å²) in [5.41, 5.74) is 0. The predicted octanol–water partition coefficient (Wildman–Crippen LogP) is 0.534. The third-order valence-electron chi connectivity index (χ3n) is 5.13. The Morgan fingerprint density at radius 2 is 1.87 bits per heavy atom. The first-order valence-corrected chi connectivity index (χ1v) is 10.2. The van der Waals surface area contributed by atoms with Crippen molar-refractivity contribution in [2.24, 2.45) is 5.92 Å². The van der Waals surface area contributed by atoms with Gasteiger partial charge in [0.1, 0.15) is 0 Å². The fraction of sp³-hybridized carbons (Fsp3) is 1.00. The van der Waals surface area contributed by atoms with Crippen molar-refractivity contribution in [3.63, 3.8) is 0 Å². The molecule has 0 spiro atoms. The predicted molar refractivity (Wildman–Crippen MR) is 93.6 cm³/mol. The smallest absolute Gasteiger partial charge is 0.218 e. The summed E-state index contributed by atoms with van der Waals surface area (Å²) in [6.45, 7) is 7.11. The Labute approximate surface area is 146 Å². The van der Waals surface area contributed by atoms with Crippen LogP contribution in [0.2, 0.25) is 0 Å². The van der Waals surface area contributed by atoms with Crippen molar-refractivity contribution in [2.75, 3.05) is 59.0 Å².